The fourth-order valence-corrected chi connectivity index (χ4v) is 5.80. The highest BCUT2D eigenvalue weighted by atomic mass is 32.1. The Kier molecular flexibility index (Phi) is 5.04. The first kappa shape index (κ1) is 20.3. The van der Waals surface area contributed by atoms with Crippen molar-refractivity contribution < 1.29 is 0 Å². The monoisotopic (exact) mass is 455 g/mol. The predicted octanol–water partition coefficient (Wildman–Crippen LogP) is 5.06. The predicted molar refractivity (Wildman–Crippen MR) is 131 cm³/mol. The molecule has 6 rings (SSSR count). The normalized spacial score (nSPS) is 16.7. The van der Waals surface area contributed by atoms with Crippen LogP contribution >= 0.6 is 11.3 Å². The zero-order chi connectivity index (χ0) is 22.4. The van der Waals surface area contributed by atoms with E-state index in [0.29, 0.717) is 0 Å². The van der Waals surface area contributed by atoms with Crippen LogP contribution < -0.4 is 0 Å². The van der Waals surface area contributed by atoms with Crippen molar-refractivity contribution in [2.75, 3.05) is 13.1 Å². The van der Waals surface area contributed by atoms with Crippen LogP contribution in [0.4, 0.5) is 0 Å². The van der Waals surface area contributed by atoms with Gasteiger partial charge in [-0.05, 0) is 37.4 Å². The van der Waals surface area contributed by atoms with E-state index in [2.05, 4.69) is 68.8 Å². The van der Waals surface area contributed by atoms with Gasteiger partial charge in [-0.15, -0.1) is 11.3 Å². The largest absolute Gasteiger partial charge is 0.299 e. The van der Waals surface area contributed by atoms with Crippen LogP contribution in [-0.4, -0.2) is 47.5 Å². The molecule has 8 heteroatoms. The molecule has 0 aliphatic carbocycles. The Morgan fingerprint density at radius 3 is 2.76 bits per heavy atom. The lowest BCUT2D eigenvalue weighted by molar-refractivity contribution is 0.320. The molecule has 5 heterocycles. The third-order valence-electron chi connectivity index (χ3n) is 6.28. The zero-order valence-corrected chi connectivity index (χ0v) is 19.5. The molecule has 7 nitrogen and oxygen atoms in total. The number of pyridine rings is 1. The van der Waals surface area contributed by atoms with Crippen LogP contribution in [0.3, 0.4) is 0 Å². The summed E-state index contributed by atoms with van der Waals surface area (Å²) < 4.78 is 2.20. The number of likely N-dealkylation sites (tertiary alicyclic amines) is 1. The average molecular weight is 456 g/mol. The summed E-state index contributed by atoms with van der Waals surface area (Å²) in [5.41, 5.74) is 6.21. The second-order valence-corrected chi connectivity index (χ2v) is 9.84. The lowest BCUT2D eigenvalue weighted by Gasteiger charge is -2.15. The van der Waals surface area contributed by atoms with Crippen LogP contribution in [0, 0.1) is 12.8 Å². The maximum atomic E-state index is 5.09. The molecule has 1 saturated heterocycles. The van der Waals surface area contributed by atoms with Crippen molar-refractivity contribution in [2.24, 2.45) is 5.92 Å². The van der Waals surface area contributed by atoms with E-state index in [1.165, 1.54) is 31.4 Å². The molecule has 0 radical (unpaired) electrons. The van der Waals surface area contributed by atoms with Gasteiger partial charge in [0.2, 0.25) is 0 Å². The lowest BCUT2D eigenvalue weighted by atomic mass is 10.1. The first-order valence-electron chi connectivity index (χ1n) is 11.3. The number of imidazole rings is 1. The Morgan fingerprint density at radius 1 is 1.12 bits per heavy atom. The van der Waals surface area contributed by atoms with Gasteiger partial charge in [-0.1, -0.05) is 43.3 Å². The highest BCUT2D eigenvalue weighted by molar-refractivity contribution is 7.18. The summed E-state index contributed by atoms with van der Waals surface area (Å²) in [6, 6.07) is 14.6. The molecule has 1 aliphatic heterocycles. The van der Waals surface area contributed by atoms with Crippen LogP contribution in [0.2, 0.25) is 0 Å². The number of fused-ring (bicyclic) bond motifs is 1. The van der Waals surface area contributed by atoms with Crippen LogP contribution in [0.25, 0.3) is 38.3 Å². The van der Waals surface area contributed by atoms with E-state index in [4.69, 9.17) is 9.97 Å². The number of rotatable bonds is 5. The number of benzene rings is 1. The standard InChI is InChI=1S/C25H25N7S/c1-16-10-11-31(12-16)13-18-8-9-20-28-17(2)22(32(20)14-18)25-29-21(19-6-4-3-5-7-19)23(33-25)24-26-15-27-30-24/h3-9,14-16H,10-13H2,1-2H3,(H,26,27,30). The van der Waals surface area contributed by atoms with E-state index in [0.717, 1.165) is 56.5 Å². The summed E-state index contributed by atoms with van der Waals surface area (Å²) in [6.45, 7) is 7.69. The van der Waals surface area contributed by atoms with Crippen LogP contribution in [0.1, 0.15) is 24.6 Å². The fourth-order valence-electron chi connectivity index (χ4n) is 4.67. The highest BCUT2D eigenvalue weighted by Crippen LogP contribution is 2.40. The molecule has 0 saturated carbocycles. The third kappa shape index (κ3) is 3.75. The topological polar surface area (TPSA) is 75.0 Å². The van der Waals surface area contributed by atoms with Crippen molar-refractivity contribution in [1.82, 2.24) is 34.4 Å². The number of nitrogens with zero attached hydrogens (tertiary/aromatic N) is 6. The van der Waals surface area contributed by atoms with Crippen LogP contribution in [-0.2, 0) is 6.54 Å². The Bertz CT molecular complexity index is 1400. The highest BCUT2D eigenvalue weighted by Gasteiger charge is 2.23. The number of aryl methyl sites for hydroxylation is 1. The molecule has 1 atom stereocenters. The van der Waals surface area contributed by atoms with Gasteiger partial charge in [0.15, 0.2) is 5.82 Å². The Hall–Kier alpha value is -3.36. The summed E-state index contributed by atoms with van der Waals surface area (Å²) >= 11 is 1.62. The second-order valence-electron chi connectivity index (χ2n) is 8.84. The van der Waals surface area contributed by atoms with Gasteiger partial charge in [-0.2, -0.15) is 5.10 Å². The Morgan fingerprint density at radius 2 is 2.00 bits per heavy atom. The molecule has 1 N–H and O–H groups in total. The first-order valence-corrected chi connectivity index (χ1v) is 12.1. The van der Waals surface area contributed by atoms with E-state index < -0.39 is 0 Å². The van der Waals surface area contributed by atoms with Gasteiger partial charge < -0.3 is 0 Å². The molecule has 1 fully saturated rings. The summed E-state index contributed by atoms with van der Waals surface area (Å²) in [5, 5.41) is 8.00. The second kappa shape index (κ2) is 8.20. The molecule has 0 spiro atoms. The van der Waals surface area contributed by atoms with Crippen molar-refractivity contribution in [2.45, 2.75) is 26.8 Å². The van der Waals surface area contributed by atoms with E-state index in [1.807, 2.05) is 18.2 Å². The van der Waals surface area contributed by atoms with Crippen molar-refractivity contribution in [1.29, 1.82) is 0 Å². The number of aromatic amines is 1. The third-order valence-corrected chi connectivity index (χ3v) is 7.34. The molecule has 1 aliphatic rings. The molecule has 166 valence electrons. The van der Waals surface area contributed by atoms with Crippen LogP contribution in [0.5, 0.6) is 0 Å². The van der Waals surface area contributed by atoms with Crippen molar-refractivity contribution in [3.63, 3.8) is 0 Å². The van der Waals surface area contributed by atoms with Crippen molar-refractivity contribution in [3.05, 3.63) is 66.2 Å². The first-order chi connectivity index (χ1) is 16.2. The van der Waals surface area contributed by atoms with E-state index in [-0.39, 0.29) is 0 Å². The molecule has 1 unspecified atom stereocenters. The van der Waals surface area contributed by atoms with Gasteiger partial charge in [-0.3, -0.25) is 14.4 Å². The van der Waals surface area contributed by atoms with E-state index in [1.54, 1.807) is 11.3 Å². The van der Waals surface area contributed by atoms with Gasteiger partial charge in [0.25, 0.3) is 0 Å². The maximum Gasteiger partial charge on any atom is 0.167 e. The Balaban J connectivity index is 1.46. The minimum atomic E-state index is 0.730. The molecule has 5 aromatic rings. The number of nitrogens with one attached hydrogen (secondary N) is 1. The maximum absolute atomic E-state index is 5.09. The minimum Gasteiger partial charge on any atom is -0.299 e. The number of hydrogen-bond acceptors (Lipinski definition) is 6. The molecule has 0 bridgehead atoms. The average Bonchev–Trinajstić information content (AvgIpc) is 3.60. The molecule has 4 aromatic heterocycles. The number of H-pyrrole nitrogens is 1. The fraction of sp³-hybridized carbons (Fsp3) is 0.280. The van der Waals surface area contributed by atoms with Gasteiger partial charge in [0.1, 0.15) is 22.7 Å². The zero-order valence-electron chi connectivity index (χ0n) is 18.7. The summed E-state index contributed by atoms with van der Waals surface area (Å²) in [4.78, 5) is 17.8. The van der Waals surface area contributed by atoms with Gasteiger partial charge in [0, 0.05) is 24.8 Å². The summed E-state index contributed by atoms with van der Waals surface area (Å²) in [6.07, 6.45) is 5.04. The van der Waals surface area contributed by atoms with Gasteiger partial charge >= 0.3 is 0 Å². The molecular weight excluding hydrogens is 430 g/mol. The number of thiazole rings is 1. The van der Waals surface area contributed by atoms with Crippen molar-refractivity contribution >= 4 is 17.0 Å². The van der Waals surface area contributed by atoms with Crippen LogP contribution in [0.15, 0.2) is 55.0 Å². The summed E-state index contributed by atoms with van der Waals surface area (Å²) in [5.74, 6) is 1.51. The number of hydrogen-bond donors (Lipinski definition) is 1. The Labute approximate surface area is 196 Å². The quantitative estimate of drug-likeness (QED) is 0.401. The smallest absolute Gasteiger partial charge is 0.167 e. The van der Waals surface area contributed by atoms with E-state index in [9.17, 15) is 0 Å². The van der Waals surface area contributed by atoms with E-state index >= 15 is 0 Å². The summed E-state index contributed by atoms with van der Waals surface area (Å²) in [7, 11) is 0. The van der Waals surface area contributed by atoms with Crippen molar-refractivity contribution in [3.8, 4) is 32.7 Å². The van der Waals surface area contributed by atoms with Gasteiger partial charge in [-0.25, -0.2) is 15.0 Å². The lowest BCUT2D eigenvalue weighted by Crippen LogP contribution is -2.19. The molecule has 33 heavy (non-hydrogen) atoms. The SMILES string of the molecule is Cc1nc2ccc(CN3CCC(C)C3)cn2c1-c1nc(-c2ccccc2)c(-c2ncn[nH]2)s1. The van der Waals surface area contributed by atoms with Gasteiger partial charge in [0.05, 0.1) is 16.3 Å². The number of aromatic nitrogens is 6. The molecule has 1 aromatic carbocycles. The molecular formula is C25H25N7S. The molecule has 0 amide bonds. The minimum absolute atomic E-state index is 0.730.